The smallest absolute Gasteiger partial charge is 0.264 e. The summed E-state index contributed by atoms with van der Waals surface area (Å²) in [6.45, 7) is 0. The van der Waals surface area contributed by atoms with Gasteiger partial charge in [-0.25, -0.2) is 8.78 Å². The topological polar surface area (TPSA) is 20.2 Å². The van der Waals surface area contributed by atoms with Gasteiger partial charge in [-0.1, -0.05) is 0 Å². The van der Waals surface area contributed by atoms with Gasteiger partial charge in [0.05, 0.1) is 3.57 Å². The van der Waals surface area contributed by atoms with Crippen LogP contribution in [0.5, 0.6) is 5.75 Å². The zero-order valence-corrected chi connectivity index (χ0v) is 10.0. The van der Waals surface area contributed by atoms with Crippen molar-refractivity contribution in [3.05, 3.63) is 24.8 Å². The van der Waals surface area contributed by atoms with Crippen molar-refractivity contribution < 1.29 is 13.9 Å². The average Bonchev–Trinajstić information content (AvgIpc) is 1.96. The van der Waals surface area contributed by atoms with Crippen molar-refractivity contribution in [2.75, 3.05) is 0 Å². The van der Waals surface area contributed by atoms with Gasteiger partial charge in [0.15, 0.2) is 0 Å². The highest BCUT2D eigenvalue weighted by Gasteiger charge is 2.13. The van der Waals surface area contributed by atoms with E-state index in [0.717, 1.165) is 0 Å². The van der Waals surface area contributed by atoms with Gasteiger partial charge >= 0.3 is 0 Å². The lowest BCUT2D eigenvalue weighted by Crippen LogP contribution is -1.90. The van der Waals surface area contributed by atoms with E-state index in [-0.39, 0.29) is 11.3 Å². The van der Waals surface area contributed by atoms with Gasteiger partial charge in [-0.15, -0.1) is 0 Å². The van der Waals surface area contributed by atoms with Crippen LogP contribution in [0, 0.1) is 7.14 Å². The molecule has 0 bridgehead atoms. The molecule has 0 aliphatic rings. The molecule has 1 rings (SSSR count). The van der Waals surface area contributed by atoms with Crippen LogP contribution in [-0.2, 0) is 0 Å². The lowest BCUT2D eigenvalue weighted by molar-refractivity contribution is 0.150. The lowest BCUT2D eigenvalue weighted by Gasteiger charge is -2.04. The molecule has 0 heterocycles. The van der Waals surface area contributed by atoms with Crippen LogP contribution in [0.25, 0.3) is 0 Å². The normalized spacial score (nSPS) is 10.8. The molecule has 0 aliphatic carbocycles. The van der Waals surface area contributed by atoms with Crippen LogP contribution in [0.2, 0.25) is 0 Å². The van der Waals surface area contributed by atoms with E-state index in [2.05, 4.69) is 0 Å². The van der Waals surface area contributed by atoms with E-state index < -0.39 is 6.43 Å². The van der Waals surface area contributed by atoms with Crippen LogP contribution in [-0.4, -0.2) is 5.11 Å². The van der Waals surface area contributed by atoms with E-state index in [4.69, 9.17) is 5.11 Å². The average molecular weight is 396 g/mol. The fourth-order valence-electron chi connectivity index (χ4n) is 0.719. The van der Waals surface area contributed by atoms with Crippen molar-refractivity contribution in [3.8, 4) is 5.75 Å². The van der Waals surface area contributed by atoms with Gasteiger partial charge in [-0.2, -0.15) is 0 Å². The Morgan fingerprint density at radius 2 is 1.75 bits per heavy atom. The third kappa shape index (κ3) is 2.18. The Kier molecular flexibility index (Phi) is 3.50. The molecule has 1 aromatic rings. The molecule has 0 fully saturated rings. The summed E-state index contributed by atoms with van der Waals surface area (Å²) < 4.78 is 25.3. The molecule has 0 unspecified atom stereocenters. The first-order valence-corrected chi connectivity index (χ1v) is 5.14. The van der Waals surface area contributed by atoms with E-state index >= 15 is 0 Å². The predicted molar refractivity (Wildman–Crippen MR) is 58.5 cm³/mol. The van der Waals surface area contributed by atoms with Gasteiger partial charge in [-0.05, 0) is 57.3 Å². The summed E-state index contributed by atoms with van der Waals surface area (Å²) in [5.41, 5.74) is -0.0298. The van der Waals surface area contributed by atoms with Crippen LogP contribution in [0.4, 0.5) is 8.78 Å². The van der Waals surface area contributed by atoms with Gasteiger partial charge in [0.1, 0.15) is 5.75 Å². The molecule has 66 valence electrons. The molecule has 0 amide bonds. The quantitative estimate of drug-likeness (QED) is 0.721. The highest BCUT2D eigenvalue weighted by atomic mass is 127. The lowest BCUT2D eigenvalue weighted by atomic mass is 10.2. The fourth-order valence-corrected chi connectivity index (χ4v) is 1.90. The summed E-state index contributed by atoms with van der Waals surface area (Å²) in [5.74, 6) is 0.0457. The number of aromatic hydroxyl groups is 1. The minimum Gasteiger partial charge on any atom is -0.507 e. The van der Waals surface area contributed by atoms with Crippen molar-refractivity contribution >= 4 is 45.2 Å². The maximum absolute atomic E-state index is 12.2. The van der Waals surface area contributed by atoms with Crippen molar-refractivity contribution in [2.24, 2.45) is 0 Å². The van der Waals surface area contributed by atoms with E-state index in [1.807, 2.05) is 22.6 Å². The zero-order chi connectivity index (χ0) is 9.30. The third-order valence-electron chi connectivity index (χ3n) is 1.30. The third-order valence-corrected chi connectivity index (χ3v) is 3.10. The second kappa shape index (κ2) is 4.03. The van der Waals surface area contributed by atoms with Crippen LogP contribution in [0.3, 0.4) is 0 Å². The number of phenols is 1. The molecule has 0 aromatic heterocycles. The standard InChI is InChI=1S/C7H4F2I2O/c8-7(9)3-1-5(11)6(12)2-4(3)10/h1-2,7,12H. The van der Waals surface area contributed by atoms with Crippen molar-refractivity contribution in [3.63, 3.8) is 0 Å². The molecular weight excluding hydrogens is 392 g/mol. The maximum Gasteiger partial charge on any atom is 0.264 e. The summed E-state index contributed by atoms with van der Waals surface area (Å²) >= 11 is 3.59. The molecule has 1 N–H and O–H groups in total. The second-order valence-electron chi connectivity index (χ2n) is 2.13. The van der Waals surface area contributed by atoms with Gasteiger partial charge in [0.25, 0.3) is 6.43 Å². The Balaban J connectivity index is 3.23. The van der Waals surface area contributed by atoms with E-state index in [1.165, 1.54) is 12.1 Å². The Bertz CT molecular complexity index is 302. The SMILES string of the molecule is Oc1cc(I)c(C(F)F)cc1I. The minimum atomic E-state index is -2.48. The molecule has 12 heavy (non-hydrogen) atoms. The first-order valence-electron chi connectivity index (χ1n) is 2.98. The molecule has 0 atom stereocenters. The first kappa shape index (κ1) is 10.4. The van der Waals surface area contributed by atoms with Crippen molar-refractivity contribution in [2.45, 2.75) is 6.43 Å². The molecule has 1 nitrogen and oxygen atoms in total. The summed E-state index contributed by atoms with van der Waals surface area (Å²) in [6.07, 6.45) is -2.48. The Hall–Kier alpha value is 0.340. The number of benzene rings is 1. The minimum absolute atomic E-state index is 0.0298. The molecule has 0 aliphatic heterocycles. The maximum atomic E-state index is 12.2. The highest BCUT2D eigenvalue weighted by Crippen LogP contribution is 2.30. The fraction of sp³-hybridized carbons (Fsp3) is 0.143. The molecule has 0 saturated carbocycles. The summed E-state index contributed by atoms with van der Waals surface area (Å²) in [7, 11) is 0. The van der Waals surface area contributed by atoms with Gasteiger partial charge < -0.3 is 5.11 Å². The van der Waals surface area contributed by atoms with Gasteiger partial charge in [0.2, 0.25) is 0 Å². The van der Waals surface area contributed by atoms with Crippen LogP contribution in [0.15, 0.2) is 12.1 Å². The number of hydrogen-bond acceptors (Lipinski definition) is 1. The van der Waals surface area contributed by atoms with E-state index in [1.54, 1.807) is 22.6 Å². The highest BCUT2D eigenvalue weighted by molar-refractivity contribution is 14.1. The molecule has 5 heteroatoms. The van der Waals surface area contributed by atoms with Crippen molar-refractivity contribution in [1.82, 2.24) is 0 Å². The molecule has 1 aromatic carbocycles. The molecular formula is C7H4F2I2O. The number of halogens is 4. The van der Waals surface area contributed by atoms with Gasteiger partial charge in [0, 0.05) is 9.13 Å². The number of phenolic OH excluding ortho intramolecular Hbond substituents is 1. The largest absolute Gasteiger partial charge is 0.507 e. The monoisotopic (exact) mass is 396 g/mol. The number of alkyl halides is 2. The van der Waals surface area contributed by atoms with Crippen LogP contribution >= 0.6 is 45.2 Å². The second-order valence-corrected chi connectivity index (χ2v) is 4.45. The Morgan fingerprint density at radius 3 is 2.25 bits per heavy atom. The summed E-state index contributed by atoms with van der Waals surface area (Å²) in [6, 6.07) is 2.63. The Morgan fingerprint density at radius 1 is 1.17 bits per heavy atom. The van der Waals surface area contributed by atoms with Crippen molar-refractivity contribution in [1.29, 1.82) is 0 Å². The molecule has 0 radical (unpaired) electrons. The molecule has 0 saturated heterocycles. The zero-order valence-electron chi connectivity index (χ0n) is 5.69. The first-order chi connectivity index (χ1) is 5.52. The Labute approximate surface area is 95.4 Å². The predicted octanol–water partition coefficient (Wildman–Crippen LogP) is 3.54. The number of rotatable bonds is 1. The van der Waals surface area contributed by atoms with E-state index in [0.29, 0.717) is 7.14 Å². The summed E-state index contributed by atoms with van der Waals surface area (Å²) in [4.78, 5) is 0. The summed E-state index contributed by atoms with van der Waals surface area (Å²) in [5, 5.41) is 9.15. The van der Waals surface area contributed by atoms with Crippen LogP contribution in [0.1, 0.15) is 12.0 Å². The van der Waals surface area contributed by atoms with Crippen LogP contribution < -0.4 is 0 Å². The van der Waals surface area contributed by atoms with Gasteiger partial charge in [-0.3, -0.25) is 0 Å². The van der Waals surface area contributed by atoms with E-state index in [9.17, 15) is 8.78 Å². The molecule has 0 spiro atoms. The number of hydrogen-bond donors (Lipinski definition) is 1.